The largest absolute Gasteiger partial charge is 0.346 e. The monoisotopic (exact) mass is 320 g/mol. The molecule has 0 spiro atoms. The van der Waals surface area contributed by atoms with Crippen molar-refractivity contribution in [2.24, 2.45) is 17.8 Å². The maximum Gasteiger partial charge on any atom is 0.161 e. The summed E-state index contributed by atoms with van der Waals surface area (Å²) in [6, 6.07) is 0. The molecule has 132 valence electrons. The van der Waals surface area contributed by atoms with Crippen molar-refractivity contribution in [2.75, 3.05) is 0 Å². The van der Waals surface area contributed by atoms with E-state index < -0.39 is 0 Å². The van der Waals surface area contributed by atoms with Gasteiger partial charge in [-0.1, -0.05) is 57.8 Å². The summed E-state index contributed by atoms with van der Waals surface area (Å²) in [5.41, 5.74) is 0. The lowest BCUT2D eigenvalue weighted by molar-refractivity contribution is -0.121. The first-order valence-corrected chi connectivity index (χ1v) is 10.7. The number of ether oxygens (including phenoxy) is 2. The third kappa shape index (κ3) is 3.79. The smallest absolute Gasteiger partial charge is 0.161 e. The van der Waals surface area contributed by atoms with E-state index in [1.54, 1.807) is 0 Å². The van der Waals surface area contributed by atoms with Gasteiger partial charge in [-0.15, -0.1) is 0 Å². The van der Waals surface area contributed by atoms with Gasteiger partial charge < -0.3 is 9.47 Å². The van der Waals surface area contributed by atoms with Crippen LogP contribution in [0.25, 0.3) is 0 Å². The maximum absolute atomic E-state index is 6.68. The summed E-state index contributed by atoms with van der Waals surface area (Å²) in [5, 5.41) is 0. The Morgan fingerprint density at radius 3 is 1.13 bits per heavy atom. The Bertz CT molecular complexity index is 325. The summed E-state index contributed by atoms with van der Waals surface area (Å²) >= 11 is 0. The van der Waals surface area contributed by atoms with Gasteiger partial charge >= 0.3 is 0 Å². The van der Waals surface area contributed by atoms with Crippen LogP contribution >= 0.6 is 0 Å². The lowest BCUT2D eigenvalue weighted by Gasteiger charge is -2.34. The van der Waals surface area contributed by atoms with E-state index in [-0.39, 0.29) is 6.29 Å². The fourth-order valence-electron chi connectivity index (χ4n) is 5.81. The SMILES string of the molecule is C1CCC(C2O[C@H](C3CCCCC3)[C@H](C3CCCCC3)O2)CC1. The highest BCUT2D eigenvalue weighted by Gasteiger charge is 2.46. The van der Waals surface area contributed by atoms with Crippen LogP contribution in [0.1, 0.15) is 96.3 Å². The van der Waals surface area contributed by atoms with Crippen molar-refractivity contribution in [2.45, 2.75) is 115 Å². The van der Waals surface area contributed by atoms with Crippen LogP contribution in [-0.4, -0.2) is 18.5 Å². The van der Waals surface area contributed by atoms with Gasteiger partial charge in [0.05, 0.1) is 12.2 Å². The number of hydrogen-bond donors (Lipinski definition) is 0. The third-order valence-corrected chi connectivity index (χ3v) is 7.17. The molecule has 1 heterocycles. The van der Waals surface area contributed by atoms with Crippen molar-refractivity contribution in [1.29, 1.82) is 0 Å². The minimum Gasteiger partial charge on any atom is -0.346 e. The van der Waals surface area contributed by atoms with Gasteiger partial charge in [-0.2, -0.15) is 0 Å². The van der Waals surface area contributed by atoms with Gasteiger partial charge in [0.15, 0.2) is 6.29 Å². The van der Waals surface area contributed by atoms with Gasteiger partial charge in [-0.05, 0) is 50.4 Å². The minimum absolute atomic E-state index is 0.133. The summed E-state index contributed by atoms with van der Waals surface area (Å²) in [5.74, 6) is 2.25. The lowest BCUT2D eigenvalue weighted by atomic mass is 9.77. The Morgan fingerprint density at radius 1 is 0.391 bits per heavy atom. The Morgan fingerprint density at radius 2 is 0.739 bits per heavy atom. The molecular formula is C21H36O2. The molecule has 0 aromatic rings. The van der Waals surface area contributed by atoms with Gasteiger partial charge in [-0.25, -0.2) is 0 Å². The van der Waals surface area contributed by atoms with Crippen LogP contribution in [-0.2, 0) is 9.47 Å². The third-order valence-electron chi connectivity index (χ3n) is 7.17. The molecule has 23 heavy (non-hydrogen) atoms. The first-order chi connectivity index (χ1) is 11.4. The zero-order valence-electron chi connectivity index (χ0n) is 14.9. The van der Waals surface area contributed by atoms with E-state index in [0.29, 0.717) is 18.1 Å². The van der Waals surface area contributed by atoms with Crippen LogP contribution < -0.4 is 0 Å². The molecule has 2 nitrogen and oxygen atoms in total. The Hall–Kier alpha value is -0.0800. The summed E-state index contributed by atoms with van der Waals surface area (Å²) in [4.78, 5) is 0. The molecule has 1 saturated heterocycles. The highest BCUT2D eigenvalue weighted by molar-refractivity contribution is 4.91. The predicted molar refractivity (Wildman–Crippen MR) is 93.3 cm³/mol. The van der Waals surface area contributed by atoms with Gasteiger partial charge in [0, 0.05) is 5.92 Å². The standard InChI is InChI=1S/C21H36O2/c1-4-10-16(11-5-1)19-20(17-12-6-2-7-13-17)23-21(22-19)18-14-8-3-9-15-18/h16-21H,1-15H2/t19-,20+,21?. The van der Waals surface area contributed by atoms with Crippen molar-refractivity contribution >= 4 is 0 Å². The number of rotatable bonds is 3. The summed E-state index contributed by atoms with van der Waals surface area (Å²) in [6.07, 6.45) is 21.9. The average Bonchev–Trinajstić information content (AvgIpc) is 3.09. The van der Waals surface area contributed by atoms with Crippen molar-refractivity contribution in [1.82, 2.24) is 0 Å². The summed E-state index contributed by atoms with van der Waals surface area (Å²) in [6.45, 7) is 0. The average molecular weight is 321 g/mol. The van der Waals surface area contributed by atoms with Crippen LogP contribution in [0.3, 0.4) is 0 Å². The molecule has 0 aromatic heterocycles. The molecule has 0 bridgehead atoms. The molecule has 0 aromatic carbocycles. The van der Waals surface area contributed by atoms with E-state index in [9.17, 15) is 0 Å². The highest BCUT2D eigenvalue weighted by atomic mass is 16.7. The van der Waals surface area contributed by atoms with E-state index in [1.165, 1.54) is 96.3 Å². The molecule has 1 aliphatic heterocycles. The predicted octanol–water partition coefficient (Wildman–Crippen LogP) is 5.84. The molecule has 3 saturated carbocycles. The van der Waals surface area contributed by atoms with Gasteiger partial charge in [-0.3, -0.25) is 0 Å². The Labute approximate surface area is 142 Å². The number of hydrogen-bond acceptors (Lipinski definition) is 2. The topological polar surface area (TPSA) is 18.5 Å². The van der Waals surface area contributed by atoms with E-state index in [4.69, 9.17) is 9.47 Å². The van der Waals surface area contributed by atoms with Crippen molar-refractivity contribution in [3.05, 3.63) is 0 Å². The second-order valence-electron chi connectivity index (χ2n) is 8.76. The van der Waals surface area contributed by atoms with E-state index in [2.05, 4.69) is 0 Å². The molecular weight excluding hydrogens is 284 g/mol. The fourth-order valence-corrected chi connectivity index (χ4v) is 5.81. The van der Waals surface area contributed by atoms with E-state index in [1.807, 2.05) is 0 Å². The van der Waals surface area contributed by atoms with Crippen molar-refractivity contribution in [3.63, 3.8) is 0 Å². The first kappa shape index (κ1) is 16.4. The van der Waals surface area contributed by atoms with Crippen LogP contribution in [0.2, 0.25) is 0 Å². The minimum atomic E-state index is 0.133. The molecule has 3 aliphatic carbocycles. The molecule has 3 atom stereocenters. The molecule has 0 radical (unpaired) electrons. The molecule has 1 unspecified atom stereocenters. The molecule has 4 fully saturated rings. The summed E-state index contributed by atoms with van der Waals surface area (Å²) in [7, 11) is 0. The first-order valence-electron chi connectivity index (χ1n) is 10.7. The van der Waals surface area contributed by atoms with Crippen LogP contribution in [0.4, 0.5) is 0 Å². The maximum atomic E-state index is 6.68. The summed E-state index contributed by atoms with van der Waals surface area (Å²) < 4.78 is 13.4. The second-order valence-corrected chi connectivity index (χ2v) is 8.76. The molecule has 0 N–H and O–H groups in total. The Balaban J connectivity index is 1.45. The normalized spacial score (nSPS) is 38.9. The Kier molecular flexibility index (Phi) is 5.61. The molecule has 0 amide bonds. The van der Waals surface area contributed by atoms with Crippen LogP contribution in [0.15, 0.2) is 0 Å². The highest BCUT2D eigenvalue weighted by Crippen LogP contribution is 2.44. The molecule has 4 rings (SSSR count). The van der Waals surface area contributed by atoms with Crippen LogP contribution in [0, 0.1) is 17.8 Å². The second kappa shape index (κ2) is 7.87. The van der Waals surface area contributed by atoms with Crippen molar-refractivity contribution < 1.29 is 9.47 Å². The quantitative estimate of drug-likeness (QED) is 0.650. The van der Waals surface area contributed by atoms with Crippen molar-refractivity contribution in [3.8, 4) is 0 Å². The zero-order chi connectivity index (χ0) is 15.5. The van der Waals surface area contributed by atoms with Crippen LogP contribution in [0.5, 0.6) is 0 Å². The van der Waals surface area contributed by atoms with E-state index >= 15 is 0 Å². The lowest BCUT2D eigenvalue weighted by Crippen LogP contribution is -2.38. The fraction of sp³-hybridized carbons (Fsp3) is 1.00. The van der Waals surface area contributed by atoms with Gasteiger partial charge in [0.25, 0.3) is 0 Å². The van der Waals surface area contributed by atoms with Gasteiger partial charge in [0.1, 0.15) is 0 Å². The van der Waals surface area contributed by atoms with E-state index in [0.717, 1.165) is 11.8 Å². The van der Waals surface area contributed by atoms with Gasteiger partial charge in [0.2, 0.25) is 0 Å². The zero-order valence-corrected chi connectivity index (χ0v) is 14.9. The molecule has 2 heteroatoms. The molecule has 4 aliphatic rings.